The van der Waals surface area contributed by atoms with Gasteiger partial charge in [0, 0.05) is 63.2 Å². The van der Waals surface area contributed by atoms with Gasteiger partial charge in [0.1, 0.15) is 0 Å². The quantitative estimate of drug-likeness (QED) is 0.487. The van der Waals surface area contributed by atoms with Crippen LogP contribution in [0.2, 0.25) is 0 Å². The van der Waals surface area contributed by atoms with Crippen LogP contribution in [0.15, 0.2) is 46.9 Å². The van der Waals surface area contributed by atoms with Gasteiger partial charge in [0.25, 0.3) is 0 Å². The molecule has 3 aliphatic rings. The number of methoxy groups -OCH3 is 3. The second-order valence-corrected chi connectivity index (χ2v) is 9.25. The van der Waals surface area contributed by atoms with Crippen molar-refractivity contribution in [3.63, 3.8) is 0 Å². The fourth-order valence-electron chi connectivity index (χ4n) is 4.80. The molecule has 4 rings (SSSR count). The first kappa shape index (κ1) is 26.6. The van der Waals surface area contributed by atoms with E-state index in [-0.39, 0.29) is 11.7 Å². The summed E-state index contributed by atoms with van der Waals surface area (Å²) in [7, 11) is 4.85. The minimum atomic E-state index is -0.00219. The zero-order valence-electron chi connectivity index (χ0n) is 22.0. The van der Waals surface area contributed by atoms with Gasteiger partial charge in [-0.3, -0.25) is 19.4 Å². The van der Waals surface area contributed by atoms with E-state index >= 15 is 0 Å². The van der Waals surface area contributed by atoms with Crippen LogP contribution in [0.4, 0.5) is 0 Å². The number of ketones is 1. The number of ether oxygens (including phenoxy) is 3. The number of fused-ring (bicyclic) bond motifs is 1. The predicted molar refractivity (Wildman–Crippen MR) is 138 cm³/mol. The number of hydroxylamine groups is 1. The molecule has 1 aliphatic carbocycles. The van der Waals surface area contributed by atoms with Gasteiger partial charge in [0.05, 0.1) is 33.6 Å². The van der Waals surface area contributed by atoms with Crippen LogP contribution >= 0.6 is 0 Å². The molecule has 1 amide bonds. The van der Waals surface area contributed by atoms with Gasteiger partial charge in [0.15, 0.2) is 23.0 Å². The lowest BCUT2D eigenvalue weighted by Crippen LogP contribution is -2.49. The van der Waals surface area contributed by atoms with Gasteiger partial charge in [-0.25, -0.2) is 5.48 Å². The predicted octanol–water partition coefficient (Wildman–Crippen LogP) is 1.93. The fraction of sp³-hybridized carbons (Fsp3) is 0.481. The molecule has 0 radical (unpaired) electrons. The van der Waals surface area contributed by atoms with E-state index in [1.165, 1.54) is 0 Å². The van der Waals surface area contributed by atoms with Gasteiger partial charge >= 0.3 is 0 Å². The van der Waals surface area contributed by atoms with Crippen LogP contribution in [0.3, 0.4) is 0 Å². The Hall–Kier alpha value is -3.50. The smallest absolute Gasteiger partial charge is 0.234 e. The average Bonchev–Trinajstić information content (AvgIpc) is 2.91. The van der Waals surface area contributed by atoms with Crippen molar-refractivity contribution in [1.29, 1.82) is 0 Å². The first-order chi connectivity index (χ1) is 17.9. The molecule has 2 aliphatic heterocycles. The highest BCUT2D eigenvalue weighted by atomic mass is 16.6. The van der Waals surface area contributed by atoms with Crippen molar-refractivity contribution in [2.75, 3.05) is 60.6 Å². The number of rotatable bonds is 10. The Morgan fingerprint density at radius 2 is 1.78 bits per heavy atom. The van der Waals surface area contributed by atoms with Gasteiger partial charge in [-0.2, -0.15) is 0 Å². The highest BCUT2D eigenvalue weighted by Gasteiger charge is 2.25. The molecule has 10 heteroatoms. The normalized spacial score (nSPS) is 18.2. The van der Waals surface area contributed by atoms with Crippen LogP contribution < -0.4 is 25.0 Å². The third-order valence-electron chi connectivity index (χ3n) is 6.91. The number of benzene rings is 1. The summed E-state index contributed by atoms with van der Waals surface area (Å²) in [4.78, 5) is 34.4. The Balaban J connectivity index is 1.22. The van der Waals surface area contributed by atoms with E-state index in [4.69, 9.17) is 19.0 Å². The van der Waals surface area contributed by atoms with E-state index in [0.717, 1.165) is 55.1 Å². The zero-order valence-corrected chi connectivity index (χ0v) is 22.0. The van der Waals surface area contributed by atoms with Gasteiger partial charge < -0.3 is 24.4 Å². The summed E-state index contributed by atoms with van der Waals surface area (Å²) in [6.07, 6.45) is 4.37. The monoisotopic (exact) mass is 512 g/mol. The van der Waals surface area contributed by atoms with Gasteiger partial charge in [-0.15, -0.1) is 0 Å². The van der Waals surface area contributed by atoms with Crippen LogP contribution in [-0.2, 0) is 21.0 Å². The average molecular weight is 513 g/mol. The molecule has 2 N–H and O–H groups in total. The second-order valence-electron chi connectivity index (χ2n) is 9.25. The molecule has 1 aromatic rings. The first-order valence-corrected chi connectivity index (χ1v) is 12.5. The molecule has 200 valence electrons. The minimum absolute atomic E-state index is 0.00219. The van der Waals surface area contributed by atoms with Crippen LogP contribution in [-0.4, -0.2) is 82.1 Å². The molecule has 0 saturated carbocycles. The Kier molecular flexibility index (Phi) is 8.73. The van der Waals surface area contributed by atoms with Gasteiger partial charge in [0.2, 0.25) is 11.7 Å². The number of allylic oxidation sites excluding steroid dienone is 3. The SMILES string of the molecule is COc1ccc(CN2CCN(CC(=O)NCCC3=C(C)C4=CC(=O)CC=C4ON3)CC2)c(OC)c1OC. The molecule has 0 aromatic heterocycles. The Labute approximate surface area is 217 Å². The van der Waals surface area contributed by atoms with E-state index in [1.54, 1.807) is 33.5 Å². The summed E-state index contributed by atoms with van der Waals surface area (Å²) in [6, 6.07) is 3.90. The summed E-state index contributed by atoms with van der Waals surface area (Å²) in [5, 5.41) is 3.00. The number of carbonyl (C=O) groups excluding carboxylic acids is 2. The third-order valence-corrected chi connectivity index (χ3v) is 6.91. The Morgan fingerprint density at radius 1 is 1.05 bits per heavy atom. The third kappa shape index (κ3) is 6.26. The Morgan fingerprint density at radius 3 is 2.49 bits per heavy atom. The molecular weight excluding hydrogens is 476 g/mol. The molecule has 1 fully saturated rings. The molecular formula is C27H36N4O6. The maximum atomic E-state index is 12.6. The standard InChI is InChI=1S/C27H36N4O6/c1-18-21-15-20(32)6-8-23(21)37-29-22(18)9-10-28-25(33)17-31-13-11-30(12-14-31)16-19-5-7-24(34-2)27(36-4)26(19)35-3/h5,7-8,15,29H,6,9-14,16-17H2,1-4H3,(H,28,33). The highest BCUT2D eigenvalue weighted by Crippen LogP contribution is 2.40. The van der Waals surface area contributed by atoms with Crippen molar-refractivity contribution in [1.82, 2.24) is 20.6 Å². The van der Waals surface area contributed by atoms with E-state index < -0.39 is 0 Å². The first-order valence-electron chi connectivity index (χ1n) is 12.5. The number of nitrogens with zero attached hydrogens (tertiary/aromatic N) is 2. The van der Waals surface area contributed by atoms with Crippen molar-refractivity contribution in [2.45, 2.75) is 26.3 Å². The lowest BCUT2D eigenvalue weighted by molar-refractivity contribution is -0.122. The molecule has 1 aromatic carbocycles. The summed E-state index contributed by atoms with van der Waals surface area (Å²) < 4.78 is 16.5. The number of nitrogens with one attached hydrogen (secondary N) is 2. The molecule has 0 bridgehead atoms. The molecule has 0 spiro atoms. The molecule has 1 saturated heterocycles. The summed E-state index contributed by atoms with van der Waals surface area (Å²) in [6.45, 7) is 6.85. The zero-order chi connectivity index (χ0) is 26.4. The summed E-state index contributed by atoms with van der Waals surface area (Å²) in [5.41, 5.74) is 6.65. The highest BCUT2D eigenvalue weighted by molar-refractivity contribution is 5.94. The largest absolute Gasteiger partial charge is 0.493 e. The lowest BCUT2D eigenvalue weighted by Gasteiger charge is -2.34. The summed E-state index contributed by atoms with van der Waals surface area (Å²) >= 11 is 0. The van der Waals surface area contributed by atoms with Crippen molar-refractivity contribution in [3.8, 4) is 17.2 Å². The number of carbonyl (C=O) groups is 2. The topological polar surface area (TPSA) is 102 Å². The number of hydrogen-bond acceptors (Lipinski definition) is 9. The van der Waals surface area contributed by atoms with E-state index in [0.29, 0.717) is 48.9 Å². The second kappa shape index (κ2) is 12.2. The lowest BCUT2D eigenvalue weighted by atomic mass is 9.95. The van der Waals surface area contributed by atoms with Gasteiger partial charge in [-0.1, -0.05) is 6.07 Å². The van der Waals surface area contributed by atoms with Gasteiger partial charge in [-0.05, 0) is 30.7 Å². The van der Waals surface area contributed by atoms with Crippen molar-refractivity contribution >= 4 is 11.7 Å². The van der Waals surface area contributed by atoms with E-state index in [1.807, 2.05) is 19.1 Å². The Bertz CT molecular complexity index is 1120. The van der Waals surface area contributed by atoms with E-state index in [9.17, 15) is 9.59 Å². The molecule has 0 unspecified atom stereocenters. The van der Waals surface area contributed by atoms with Crippen LogP contribution in [0.1, 0.15) is 25.3 Å². The number of piperazine rings is 1. The number of amides is 1. The number of hydrogen-bond donors (Lipinski definition) is 2. The maximum Gasteiger partial charge on any atom is 0.234 e. The van der Waals surface area contributed by atoms with Crippen LogP contribution in [0.5, 0.6) is 17.2 Å². The summed E-state index contributed by atoms with van der Waals surface area (Å²) in [5.74, 6) is 2.68. The van der Waals surface area contributed by atoms with Crippen molar-refractivity contribution in [2.24, 2.45) is 0 Å². The van der Waals surface area contributed by atoms with Crippen LogP contribution in [0, 0.1) is 0 Å². The minimum Gasteiger partial charge on any atom is -0.493 e. The molecule has 10 nitrogen and oxygen atoms in total. The molecule has 37 heavy (non-hydrogen) atoms. The molecule has 0 atom stereocenters. The van der Waals surface area contributed by atoms with Crippen molar-refractivity contribution < 1.29 is 28.6 Å². The van der Waals surface area contributed by atoms with E-state index in [2.05, 4.69) is 20.6 Å². The van der Waals surface area contributed by atoms with Crippen molar-refractivity contribution in [3.05, 3.63) is 52.5 Å². The maximum absolute atomic E-state index is 12.6. The van der Waals surface area contributed by atoms with Crippen LogP contribution in [0.25, 0.3) is 0 Å². The molecule has 2 heterocycles. The fourth-order valence-corrected chi connectivity index (χ4v) is 4.80.